The summed E-state index contributed by atoms with van der Waals surface area (Å²) in [6.07, 6.45) is 8.34. The largest absolute Gasteiger partial charge is 0.341 e. The van der Waals surface area contributed by atoms with Crippen LogP contribution >= 0.6 is 0 Å². The van der Waals surface area contributed by atoms with Crippen molar-refractivity contribution in [2.75, 3.05) is 11.9 Å². The van der Waals surface area contributed by atoms with E-state index in [4.69, 9.17) is 4.98 Å². The fourth-order valence-corrected chi connectivity index (χ4v) is 8.04. The van der Waals surface area contributed by atoms with E-state index in [1.54, 1.807) is 0 Å². The molecule has 4 N–H and O–H groups in total. The van der Waals surface area contributed by atoms with Crippen LogP contribution in [0.15, 0.2) is 54.6 Å². The van der Waals surface area contributed by atoms with Crippen molar-refractivity contribution in [1.82, 2.24) is 20.6 Å². The highest BCUT2D eigenvalue weighted by Crippen LogP contribution is 2.50. The number of aromatic amines is 1. The number of benzene rings is 3. The van der Waals surface area contributed by atoms with Crippen molar-refractivity contribution < 1.29 is 4.79 Å². The number of amides is 1. The summed E-state index contributed by atoms with van der Waals surface area (Å²) >= 11 is 0. The van der Waals surface area contributed by atoms with Crippen LogP contribution in [0.5, 0.6) is 0 Å². The smallest absolute Gasteiger partial charge is 0.241 e. The zero-order valence-electron chi connectivity index (χ0n) is 24.0. The van der Waals surface area contributed by atoms with Crippen LogP contribution in [-0.4, -0.2) is 34.5 Å². The van der Waals surface area contributed by atoms with Gasteiger partial charge in [-0.3, -0.25) is 4.79 Å². The van der Waals surface area contributed by atoms with E-state index in [0.717, 1.165) is 41.9 Å². The molecule has 4 aromatic rings. The zero-order valence-corrected chi connectivity index (χ0v) is 24.0. The third kappa shape index (κ3) is 4.22. The molecule has 4 unspecified atom stereocenters. The van der Waals surface area contributed by atoms with Gasteiger partial charge in [-0.1, -0.05) is 51.0 Å². The lowest BCUT2D eigenvalue weighted by molar-refractivity contribution is -0.117. The predicted octanol–water partition coefficient (Wildman–Crippen LogP) is 6.82. The summed E-state index contributed by atoms with van der Waals surface area (Å²) in [7, 11) is 0. The van der Waals surface area contributed by atoms with Crippen molar-refractivity contribution in [1.29, 1.82) is 0 Å². The lowest BCUT2D eigenvalue weighted by atomic mass is 9.81. The number of carbonyl (C=O) groups is 1. The van der Waals surface area contributed by atoms with Gasteiger partial charge in [-0.2, -0.15) is 0 Å². The van der Waals surface area contributed by atoms with Gasteiger partial charge in [0.15, 0.2) is 0 Å². The molecule has 3 heterocycles. The molecule has 0 bridgehead atoms. The Morgan fingerprint density at radius 1 is 0.902 bits per heavy atom. The first kappa shape index (κ1) is 25.2. The summed E-state index contributed by atoms with van der Waals surface area (Å²) in [5.41, 5.74) is 10.4. The number of nitrogens with zero attached hydrogens (tertiary/aromatic N) is 1. The minimum atomic E-state index is -0.165. The third-order valence-corrected chi connectivity index (χ3v) is 10.3. The first-order valence-electron chi connectivity index (χ1n) is 15.5. The number of H-pyrrole nitrogens is 1. The molecule has 1 saturated carbocycles. The highest BCUT2D eigenvalue weighted by Gasteiger charge is 2.39. The maximum Gasteiger partial charge on any atom is 0.241 e. The van der Waals surface area contributed by atoms with Crippen LogP contribution in [0.25, 0.3) is 33.3 Å². The van der Waals surface area contributed by atoms with E-state index in [1.165, 1.54) is 65.5 Å². The lowest BCUT2D eigenvalue weighted by Gasteiger charge is -2.24. The Hall–Kier alpha value is -3.48. The fraction of sp³-hybridized carbons (Fsp3) is 0.429. The summed E-state index contributed by atoms with van der Waals surface area (Å²) in [4.78, 5) is 21.7. The van der Waals surface area contributed by atoms with Gasteiger partial charge < -0.3 is 20.9 Å². The fourth-order valence-electron chi connectivity index (χ4n) is 8.04. The lowest BCUT2D eigenvalue weighted by Crippen LogP contribution is -2.39. The maximum atomic E-state index is 13.2. The molecular formula is C35H39N5O. The molecule has 4 atom stereocenters. The summed E-state index contributed by atoms with van der Waals surface area (Å²) in [5.74, 6) is 1.81. The second-order valence-electron chi connectivity index (χ2n) is 13.2. The molecular weight excluding hydrogens is 506 g/mol. The minimum absolute atomic E-state index is 0.0816. The molecule has 6 heteroatoms. The second kappa shape index (κ2) is 9.53. The highest BCUT2D eigenvalue weighted by atomic mass is 16.2. The van der Waals surface area contributed by atoms with Crippen molar-refractivity contribution in [3.63, 3.8) is 0 Å². The first-order chi connectivity index (χ1) is 19.9. The van der Waals surface area contributed by atoms with Gasteiger partial charge in [0.05, 0.1) is 23.1 Å². The summed E-state index contributed by atoms with van der Waals surface area (Å²) < 4.78 is 0. The number of imidazole rings is 1. The summed E-state index contributed by atoms with van der Waals surface area (Å²) in [6.45, 7) is 5.66. The molecule has 41 heavy (non-hydrogen) atoms. The van der Waals surface area contributed by atoms with Crippen molar-refractivity contribution in [2.24, 2.45) is 5.92 Å². The molecule has 4 aliphatic rings. The number of rotatable bonds is 4. The minimum Gasteiger partial charge on any atom is -0.341 e. The third-order valence-electron chi connectivity index (χ3n) is 10.3. The van der Waals surface area contributed by atoms with E-state index in [9.17, 15) is 4.79 Å². The average Bonchev–Trinajstić information content (AvgIpc) is 3.78. The van der Waals surface area contributed by atoms with Crippen LogP contribution in [0.1, 0.15) is 81.8 Å². The monoisotopic (exact) mass is 545 g/mol. The standard InChI is InChI=1S/C35H39N5O/c1-35(2)26-16-20(21-10-14-29-31(17-21)40-33(39-29)30-8-5-15-36-30)9-12-24(26)25-13-11-23(19-27(25)35)37-34(41)32-18-22-6-3-4-7-28(22)38-32/h9-14,16-17,19,22,28,30,32,36,38H,3-8,15,18H2,1-2H3,(H,37,41)(H,39,40). The van der Waals surface area contributed by atoms with E-state index in [0.29, 0.717) is 18.0 Å². The van der Waals surface area contributed by atoms with E-state index >= 15 is 0 Å². The number of aromatic nitrogens is 2. The first-order valence-corrected chi connectivity index (χ1v) is 15.5. The van der Waals surface area contributed by atoms with Gasteiger partial charge in [0.1, 0.15) is 5.82 Å². The molecule has 1 amide bonds. The van der Waals surface area contributed by atoms with Gasteiger partial charge in [0.2, 0.25) is 5.91 Å². The van der Waals surface area contributed by atoms with Crippen LogP contribution in [0.4, 0.5) is 5.69 Å². The molecule has 1 aromatic heterocycles. The zero-order chi connectivity index (χ0) is 27.7. The Morgan fingerprint density at radius 3 is 2.51 bits per heavy atom. The molecule has 3 aromatic carbocycles. The van der Waals surface area contributed by atoms with Gasteiger partial charge in [0.25, 0.3) is 0 Å². The van der Waals surface area contributed by atoms with Crippen molar-refractivity contribution in [3.05, 3.63) is 71.5 Å². The van der Waals surface area contributed by atoms with E-state index in [2.05, 4.69) is 89.4 Å². The number of hydrogen-bond acceptors (Lipinski definition) is 4. The molecule has 2 saturated heterocycles. The Balaban J connectivity index is 1.05. The van der Waals surface area contributed by atoms with Crippen molar-refractivity contribution in [3.8, 4) is 22.3 Å². The van der Waals surface area contributed by atoms with Crippen molar-refractivity contribution >= 4 is 22.6 Å². The van der Waals surface area contributed by atoms with Crippen LogP contribution in [0.2, 0.25) is 0 Å². The molecule has 210 valence electrons. The van der Waals surface area contributed by atoms with Gasteiger partial charge >= 0.3 is 0 Å². The SMILES string of the molecule is CC1(C)c2cc(NC(=O)C3CC4CCCCC4N3)ccc2-c2ccc(-c3ccc4nc(C5CCCN5)[nH]c4c3)cc21. The molecule has 6 nitrogen and oxygen atoms in total. The Bertz CT molecular complexity index is 1650. The van der Waals surface area contributed by atoms with Crippen LogP contribution in [0.3, 0.4) is 0 Å². The van der Waals surface area contributed by atoms with Gasteiger partial charge in [-0.15, -0.1) is 0 Å². The van der Waals surface area contributed by atoms with Gasteiger partial charge in [-0.25, -0.2) is 4.98 Å². The molecule has 0 spiro atoms. The number of fused-ring (bicyclic) bond motifs is 5. The van der Waals surface area contributed by atoms with Gasteiger partial charge in [0, 0.05) is 17.1 Å². The molecule has 8 rings (SSSR count). The van der Waals surface area contributed by atoms with Crippen LogP contribution in [0, 0.1) is 5.92 Å². The van der Waals surface area contributed by atoms with E-state index in [1.807, 2.05) is 0 Å². The topological polar surface area (TPSA) is 81.8 Å². The Kier molecular flexibility index (Phi) is 5.87. The number of nitrogens with one attached hydrogen (secondary N) is 4. The van der Waals surface area contributed by atoms with E-state index in [-0.39, 0.29) is 17.4 Å². The molecule has 3 fully saturated rings. The number of hydrogen-bond donors (Lipinski definition) is 4. The Morgan fingerprint density at radius 2 is 1.68 bits per heavy atom. The van der Waals surface area contributed by atoms with Crippen LogP contribution in [-0.2, 0) is 10.2 Å². The van der Waals surface area contributed by atoms with Crippen molar-refractivity contribution in [2.45, 2.75) is 82.3 Å². The number of anilines is 1. The summed E-state index contributed by atoms with van der Waals surface area (Å²) in [6, 6.07) is 20.6. The quantitative estimate of drug-likeness (QED) is 0.227. The predicted molar refractivity (Wildman–Crippen MR) is 165 cm³/mol. The van der Waals surface area contributed by atoms with Gasteiger partial charge in [-0.05, 0) is 108 Å². The maximum absolute atomic E-state index is 13.2. The Labute approximate surface area is 241 Å². The summed E-state index contributed by atoms with van der Waals surface area (Å²) in [5, 5.41) is 10.4. The van der Waals surface area contributed by atoms with E-state index < -0.39 is 0 Å². The molecule has 2 aliphatic heterocycles. The molecule has 2 aliphatic carbocycles. The normalized spacial score (nSPS) is 26.1. The second-order valence-corrected chi connectivity index (χ2v) is 13.2. The number of carbonyl (C=O) groups excluding carboxylic acids is 1. The molecule has 0 radical (unpaired) electrons. The van der Waals surface area contributed by atoms with Crippen LogP contribution < -0.4 is 16.0 Å². The average molecular weight is 546 g/mol. The highest BCUT2D eigenvalue weighted by molar-refractivity contribution is 5.96.